The maximum atomic E-state index is 5.99. The van der Waals surface area contributed by atoms with E-state index >= 15 is 0 Å². The Morgan fingerprint density at radius 3 is 2.80 bits per heavy atom. The van der Waals surface area contributed by atoms with Gasteiger partial charge in [0.2, 0.25) is 0 Å². The van der Waals surface area contributed by atoms with Gasteiger partial charge in [-0.25, -0.2) is 0 Å². The first-order valence-electron chi connectivity index (χ1n) is 6.21. The molecular formula is C13H24OSi. The van der Waals surface area contributed by atoms with E-state index in [4.69, 9.17) is 4.74 Å². The summed E-state index contributed by atoms with van der Waals surface area (Å²) in [6.07, 6.45) is 11.5. The normalized spacial score (nSPS) is 17.2. The van der Waals surface area contributed by atoms with Crippen LogP contribution in [-0.2, 0) is 4.74 Å². The molecule has 0 aliphatic heterocycles. The first-order chi connectivity index (χ1) is 7.24. The summed E-state index contributed by atoms with van der Waals surface area (Å²) in [6, 6.07) is 0. The van der Waals surface area contributed by atoms with Gasteiger partial charge in [0, 0.05) is 12.3 Å². The average Bonchev–Trinajstić information content (AvgIpc) is 2.69. The SMILES string of the molecule is CCCCOC(CC1=CCC=C1)[SiH](C)C. The molecule has 0 radical (unpaired) electrons. The number of rotatable bonds is 7. The van der Waals surface area contributed by atoms with Gasteiger partial charge in [-0.3, -0.25) is 0 Å². The van der Waals surface area contributed by atoms with Crippen LogP contribution >= 0.6 is 0 Å². The van der Waals surface area contributed by atoms with Crippen LogP contribution in [0.5, 0.6) is 0 Å². The van der Waals surface area contributed by atoms with E-state index in [0.29, 0.717) is 5.73 Å². The van der Waals surface area contributed by atoms with Crippen molar-refractivity contribution in [3.8, 4) is 0 Å². The Bertz CT molecular complexity index is 231. The number of allylic oxidation sites excluding steroid dienone is 3. The third-order valence-electron chi connectivity index (χ3n) is 2.86. The minimum atomic E-state index is -0.681. The maximum absolute atomic E-state index is 5.99. The number of unbranched alkanes of at least 4 members (excludes halogenated alkanes) is 1. The lowest BCUT2D eigenvalue weighted by atomic mass is 10.2. The van der Waals surface area contributed by atoms with E-state index in [9.17, 15) is 0 Å². The van der Waals surface area contributed by atoms with E-state index in [0.717, 1.165) is 19.4 Å². The number of hydrogen-bond donors (Lipinski definition) is 0. The van der Waals surface area contributed by atoms with Gasteiger partial charge in [-0.2, -0.15) is 0 Å². The van der Waals surface area contributed by atoms with Gasteiger partial charge in [0.15, 0.2) is 0 Å². The molecule has 1 aliphatic rings. The molecule has 0 bridgehead atoms. The highest BCUT2D eigenvalue weighted by molar-refractivity contribution is 6.57. The van der Waals surface area contributed by atoms with E-state index in [1.165, 1.54) is 18.4 Å². The number of ether oxygens (including phenoxy) is 1. The minimum Gasteiger partial charge on any atom is -0.382 e. The molecule has 0 amide bonds. The van der Waals surface area contributed by atoms with E-state index in [2.05, 4.69) is 38.2 Å². The topological polar surface area (TPSA) is 9.23 Å². The zero-order valence-electron chi connectivity index (χ0n) is 10.3. The standard InChI is InChI=1S/C13H24OSi/c1-4-5-10-14-13(15(2)3)11-12-8-6-7-9-12/h6,8-9,13,15H,4-5,7,10-11H2,1-3H3. The zero-order chi connectivity index (χ0) is 11.1. The van der Waals surface area contributed by atoms with Crippen molar-refractivity contribution in [2.75, 3.05) is 6.61 Å². The van der Waals surface area contributed by atoms with Crippen molar-refractivity contribution in [2.45, 2.75) is 51.4 Å². The molecule has 0 saturated heterocycles. The summed E-state index contributed by atoms with van der Waals surface area (Å²) in [4.78, 5) is 0. The zero-order valence-corrected chi connectivity index (χ0v) is 11.5. The molecule has 0 N–H and O–H groups in total. The van der Waals surface area contributed by atoms with Gasteiger partial charge < -0.3 is 4.74 Å². The molecule has 15 heavy (non-hydrogen) atoms. The predicted molar refractivity (Wildman–Crippen MR) is 70.0 cm³/mol. The summed E-state index contributed by atoms with van der Waals surface area (Å²) >= 11 is 0. The van der Waals surface area contributed by atoms with Crippen molar-refractivity contribution < 1.29 is 4.74 Å². The summed E-state index contributed by atoms with van der Waals surface area (Å²) in [5.41, 5.74) is 2.02. The van der Waals surface area contributed by atoms with E-state index in [-0.39, 0.29) is 0 Å². The molecular weight excluding hydrogens is 200 g/mol. The molecule has 0 saturated carbocycles. The Balaban J connectivity index is 2.33. The van der Waals surface area contributed by atoms with Gasteiger partial charge >= 0.3 is 0 Å². The van der Waals surface area contributed by atoms with Crippen LogP contribution < -0.4 is 0 Å². The van der Waals surface area contributed by atoms with E-state index < -0.39 is 8.80 Å². The summed E-state index contributed by atoms with van der Waals surface area (Å²) in [6.45, 7) is 7.93. The third kappa shape index (κ3) is 4.80. The second-order valence-electron chi connectivity index (χ2n) is 4.63. The fraction of sp³-hybridized carbons (Fsp3) is 0.692. The van der Waals surface area contributed by atoms with Crippen molar-refractivity contribution in [3.63, 3.8) is 0 Å². The lowest BCUT2D eigenvalue weighted by molar-refractivity contribution is 0.101. The highest BCUT2D eigenvalue weighted by atomic mass is 28.3. The first kappa shape index (κ1) is 12.7. The van der Waals surface area contributed by atoms with Gasteiger partial charge in [-0.05, 0) is 24.8 Å². The molecule has 0 aromatic carbocycles. The molecule has 1 unspecified atom stereocenters. The molecule has 1 aliphatic carbocycles. The van der Waals surface area contributed by atoms with E-state index in [1.807, 2.05) is 0 Å². The van der Waals surface area contributed by atoms with Gasteiger partial charge in [0.1, 0.15) is 0 Å². The molecule has 1 atom stereocenters. The highest BCUT2D eigenvalue weighted by Crippen LogP contribution is 2.18. The molecule has 0 heterocycles. The molecule has 1 rings (SSSR count). The molecule has 86 valence electrons. The maximum Gasteiger partial charge on any atom is 0.0660 e. The van der Waals surface area contributed by atoms with Gasteiger partial charge in [0.25, 0.3) is 0 Å². The smallest absolute Gasteiger partial charge is 0.0660 e. The molecule has 2 heteroatoms. The number of hydrogen-bond acceptors (Lipinski definition) is 1. The Kier molecular flexibility index (Phi) is 5.95. The van der Waals surface area contributed by atoms with Crippen LogP contribution in [0.15, 0.2) is 23.8 Å². The first-order valence-corrected chi connectivity index (χ1v) is 9.18. The quantitative estimate of drug-likeness (QED) is 0.475. The van der Waals surface area contributed by atoms with Gasteiger partial charge in [-0.15, -0.1) is 0 Å². The lowest BCUT2D eigenvalue weighted by Crippen LogP contribution is -2.28. The van der Waals surface area contributed by atoms with Crippen molar-refractivity contribution >= 4 is 8.80 Å². The minimum absolute atomic E-state index is 0.533. The van der Waals surface area contributed by atoms with Crippen molar-refractivity contribution in [2.24, 2.45) is 0 Å². The monoisotopic (exact) mass is 224 g/mol. The van der Waals surface area contributed by atoms with E-state index in [1.54, 1.807) is 0 Å². The summed E-state index contributed by atoms with van der Waals surface area (Å²) in [7, 11) is -0.681. The summed E-state index contributed by atoms with van der Waals surface area (Å²) < 4.78 is 5.99. The van der Waals surface area contributed by atoms with Gasteiger partial charge in [0.05, 0.1) is 8.80 Å². The largest absolute Gasteiger partial charge is 0.382 e. The Labute approximate surface area is 95.8 Å². The van der Waals surface area contributed by atoms with Crippen LogP contribution in [0.1, 0.15) is 32.6 Å². The Morgan fingerprint density at radius 1 is 1.47 bits per heavy atom. The second-order valence-corrected chi connectivity index (χ2v) is 7.86. The Hall–Kier alpha value is -0.343. The van der Waals surface area contributed by atoms with Crippen molar-refractivity contribution in [1.82, 2.24) is 0 Å². The van der Waals surface area contributed by atoms with Crippen LogP contribution in [0, 0.1) is 0 Å². The van der Waals surface area contributed by atoms with Crippen LogP contribution in [0.3, 0.4) is 0 Å². The van der Waals surface area contributed by atoms with Crippen molar-refractivity contribution in [1.29, 1.82) is 0 Å². The highest BCUT2D eigenvalue weighted by Gasteiger charge is 2.16. The average molecular weight is 224 g/mol. The summed E-state index contributed by atoms with van der Waals surface area (Å²) in [5, 5.41) is 0. The second kappa shape index (κ2) is 7.02. The van der Waals surface area contributed by atoms with Crippen LogP contribution in [0.25, 0.3) is 0 Å². The molecule has 0 aromatic rings. The fourth-order valence-electron chi connectivity index (χ4n) is 1.76. The van der Waals surface area contributed by atoms with Crippen LogP contribution in [0.2, 0.25) is 13.1 Å². The van der Waals surface area contributed by atoms with Crippen LogP contribution in [-0.4, -0.2) is 21.1 Å². The van der Waals surface area contributed by atoms with Crippen LogP contribution in [0.4, 0.5) is 0 Å². The molecule has 0 aromatic heterocycles. The third-order valence-corrected chi connectivity index (χ3v) is 4.77. The van der Waals surface area contributed by atoms with Crippen molar-refractivity contribution in [3.05, 3.63) is 23.8 Å². The summed E-state index contributed by atoms with van der Waals surface area (Å²) in [5.74, 6) is 0. The predicted octanol–water partition coefficient (Wildman–Crippen LogP) is 3.47. The molecule has 1 nitrogen and oxygen atoms in total. The lowest BCUT2D eigenvalue weighted by Gasteiger charge is -2.20. The van der Waals surface area contributed by atoms with Gasteiger partial charge in [-0.1, -0.05) is 44.7 Å². The Morgan fingerprint density at radius 2 is 2.27 bits per heavy atom. The molecule has 0 fully saturated rings. The fourth-order valence-corrected chi connectivity index (χ4v) is 3.02. The molecule has 0 spiro atoms.